The van der Waals surface area contributed by atoms with Crippen molar-refractivity contribution in [2.75, 3.05) is 32.7 Å². The second kappa shape index (κ2) is 9.93. The van der Waals surface area contributed by atoms with Crippen molar-refractivity contribution >= 4 is 5.97 Å². The number of hydrogen-bond donors (Lipinski definition) is 2. The minimum absolute atomic E-state index is 0.263. The molecule has 90 valence electrons. The van der Waals surface area contributed by atoms with E-state index in [1.165, 1.54) is 6.42 Å². The molecule has 0 fully saturated rings. The monoisotopic (exact) mass is 216 g/mol. The van der Waals surface area contributed by atoms with Crippen molar-refractivity contribution in [1.82, 2.24) is 10.2 Å². The molecule has 0 aromatic carbocycles. The van der Waals surface area contributed by atoms with Gasteiger partial charge in [-0.25, -0.2) is 0 Å². The molecule has 0 spiro atoms. The number of nitrogens with one attached hydrogen (secondary N) is 1. The summed E-state index contributed by atoms with van der Waals surface area (Å²) in [6.07, 6.45) is 2.17. The van der Waals surface area contributed by atoms with Crippen LogP contribution in [0.3, 0.4) is 0 Å². The van der Waals surface area contributed by atoms with Crippen molar-refractivity contribution in [3.8, 4) is 0 Å². The molecule has 0 unspecified atom stereocenters. The summed E-state index contributed by atoms with van der Waals surface area (Å²) >= 11 is 0. The Bertz CT molecular complexity index is 163. The van der Waals surface area contributed by atoms with Crippen molar-refractivity contribution in [2.45, 2.75) is 33.1 Å². The van der Waals surface area contributed by atoms with Gasteiger partial charge in [0.1, 0.15) is 0 Å². The van der Waals surface area contributed by atoms with Gasteiger partial charge in [0.25, 0.3) is 0 Å². The summed E-state index contributed by atoms with van der Waals surface area (Å²) in [5, 5.41) is 11.7. The molecule has 0 atom stereocenters. The Hall–Kier alpha value is -0.610. The summed E-state index contributed by atoms with van der Waals surface area (Å²) in [6.45, 7) is 9.39. The smallest absolute Gasteiger partial charge is 0.303 e. The van der Waals surface area contributed by atoms with Crippen molar-refractivity contribution in [1.29, 1.82) is 0 Å². The maximum Gasteiger partial charge on any atom is 0.303 e. The molecule has 0 heterocycles. The number of carboxylic acids is 1. The summed E-state index contributed by atoms with van der Waals surface area (Å²) in [5.74, 6) is -0.710. The maximum absolute atomic E-state index is 10.2. The SMILES string of the molecule is CCCN(CC)CCNCCCC(=O)O. The summed E-state index contributed by atoms with van der Waals surface area (Å²) in [4.78, 5) is 12.6. The Balaban J connectivity index is 3.24. The molecule has 0 radical (unpaired) electrons. The van der Waals surface area contributed by atoms with Crippen LogP contribution in [0.25, 0.3) is 0 Å². The average Bonchev–Trinajstić information content (AvgIpc) is 2.21. The van der Waals surface area contributed by atoms with E-state index in [-0.39, 0.29) is 6.42 Å². The third-order valence-corrected chi connectivity index (χ3v) is 2.34. The molecule has 0 aliphatic rings. The summed E-state index contributed by atoms with van der Waals surface area (Å²) < 4.78 is 0. The molecule has 0 amide bonds. The normalized spacial score (nSPS) is 10.9. The van der Waals surface area contributed by atoms with Gasteiger partial charge >= 0.3 is 5.97 Å². The van der Waals surface area contributed by atoms with Gasteiger partial charge < -0.3 is 15.3 Å². The molecule has 0 aliphatic heterocycles. The number of likely N-dealkylation sites (N-methyl/N-ethyl adjacent to an activating group) is 1. The van der Waals surface area contributed by atoms with E-state index in [0.29, 0.717) is 0 Å². The molecule has 2 N–H and O–H groups in total. The number of carbonyl (C=O) groups is 1. The third kappa shape index (κ3) is 9.69. The first-order chi connectivity index (χ1) is 7.20. The number of nitrogens with zero attached hydrogens (tertiary/aromatic N) is 1. The minimum atomic E-state index is -0.710. The molecule has 0 aliphatic carbocycles. The molecule has 0 bridgehead atoms. The van der Waals surface area contributed by atoms with Crippen LogP contribution in [-0.2, 0) is 4.79 Å². The van der Waals surface area contributed by atoms with Gasteiger partial charge in [0, 0.05) is 19.5 Å². The summed E-state index contributed by atoms with van der Waals surface area (Å²) in [6, 6.07) is 0. The number of rotatable bonds is 10. The van der Waals surface area contributed by atoms with Crippen LogP contribution in [0.1, 0.15) is 33.1 Å². The van der Waals surface area contributed by atoms with Gasteiger partial charge in [-0.3, -0.25) is 4.79 Å². The molecule has 0 aromatic heterocycles. The lowest BCUT2D eigenvalue weighted by molar-refractivity contribution is -0.137. The van der Waals surface area contributed by atoms with Crippen LogP contribution in [0, 0.1) is 0 Å². The van der Waals surface area contributed by atoms with E-state index in [4.69, 9.17) is 5.11 Å². The zero-order valence-electron chi connectivity index (χ0n) is 9.96. The van der Waals surface area contributed by atoms with E-state index in [9.17, 15) is 4.79 Å². The lowest BCUT2D eigenvalue weighted by Gasteiger charge is -2.19. The van der Waals surface area contributed by atoms with Crippen LogP contribution in [0.15, 0.2) is 0 Å². The molecule has 0 saturated carbocycles. The Kier molecular flexibility index (Phi) is 9.52. The van der Waals surface area contributed by atoms with Crippen LogP contribution < -0.4 is 5.32 Å². The third-order valence-electron chi connectivity index (χ3n) is 2.34. The Morgan fingerprint density at radius 2 is 2.00 bits per heavy atom. The predicted octanol–water partition coefficient (Wildman–Crippen LogP) is 1.17. The quantitative estimate of drug-likeness (QED) is 0.538. The second-order valence-electron chi connectivity index (χ2n) is 3.68. The fourth-order valence-corrected chi connectivity index (χ4v) is 1.47. The lowest BCUT2D eigenvalue weighted by Crippen LogP contribution is -2.33. The Morgan fingerprint density at radius 1 is 1.27 bits per heavy atom. The minimum Gasteiger partial charge on any atom is -0.481 e. The van der Waals surface area contributed by atoms with Crippen LogP contribution in [-0.4, -0.2) is 48.7 Å². The Labute approximate surface area is 92.7 Å². The highest BCUT2D eigenvalue weighted by Crippen LogP contribution is 1.90. The molecular formula is C11H24N2O2. The molecular weight excluding hydrogens is 192 g/mol. The van der Waals surface area contributed by atoms with Crippen LogP contribution in [0.2, 0.25) is 0 Å². The number of aliphatic carboxylic acids is 1. The number of carboxylic acid groups (broad SMARTS) is 1. The molecule has 0 saturated heterocycles. The first-order valence-electron chi connectivity index (χ1n) is 5.85. The Morgan fingerprint density at radius 3 is 2.53 bits per heavy atom. The van der Waals surface area contributed by atoms with E-state index < -0.39 is 5.97 Å². The molecule has 15 heavy (non-hydrogen) atoms. The first kappa shape index (κ1) is 14.4. The fourth-order valence-electron chi connectivity index (χ4n) is 1.47. The summed E-state index contributed by atoms with van der Waals surface area (Å²) in [7, 11) is 0. The first-order valence-corrected chi connectivity index (χ1v) is 5.85. The molecule has 0 rings (SSSR count). The average molecular weight is 216 g/mol. The van der Waals surface area contributed by atoms with Gasteiger partial charge in [-0.1, -0.05) is 13.8 Å². The van der Waals surface area contributed by atoms with Crippen LogP contribution in [0.5, 0.6) is 0 Å². The largest absolute Gasteiger partial charge is 0.481 e. The van der Waals surface area contributed by atoms with Crippen LogP contribution in [0.4, 0.5) is 0 Å². The predicted molar refractivity (Wildman–Crippen MR) is 62.1 cm³/mol. The number of hydrogen-bond acceptors (Lipinski definition) is 3. The highest BCUT2D eigenvalue weighted by atomic mass is 16.4. The van der Waals surface area contributed by atoms with Crippen molar-refractivity contribution in [3.63, 3.8) is 0 Å². The van der Waals surface area contributed by atoms with E-state index in [2.05, 4.69) is 24.1 Å². The van der Waals surface area contributed by atoms with Gasteiger partial charge in [0.15, 0.2) is 0 Å². The zero-order chi connectivity index (χ0) is 11.5. The van der Waals surface area contributed by atoms with Gasteiger partial charge in [0.05, 0.1) is 0 Å². The van der Waals surface area contributed by atoms with Gasteiger partial charge in [-0.05, 0) is 32.5 Å². The van der Waals surface area contributed by atoms with Gasteiger partial charge in [0.2, 0.25) is 0 Å². The van der Waals surface area contributed by atoms with Crippen molar-refractivity contribution < 1.29 is 9.90 Å². The van der Waals surface area contributed by atoms with Crippen molar-refractivity contribution in [2.24, 2.45) is 0 Å². The highest BCUT2D eigenvalue weighted by molar-refractivity contribution is 5.66. The lowest BCUT2D eigenvalue weighted by atomic mass is 10.3. The van der Waals surface area contributed by atoms with E-state index >= 15 is 0 Å². The zero-order valence-corrected chi connectivity index (χ0v) is 9.96. The molecule has 4 nitrogen and oxygen atoms in total. The summed E-state index contributed by atoms with van der Waals surface area (Å²) in [5.41, 5.74) is 0. The van der Waals surface area contributed by atoms with Gasteiger partial charge in [-0.2, -0.15) is 0 Å². The molecule has 4 heteroatoms. The highest BCUT2D eigenvalue weighted by Gasteiger charge is 2.00. The van der Waals surface area contributed by atoms with E-state index in [1.54, 1.807) is 0 Å². The van der Waals surface area contributed by atoms with Gasteiger partial charge in [-0.15, -0.1) is 0 Å². The van der Waals surface area contributed by atoms with Crippen LogP contribution >= 0.6 is 0 Å². The van der Waals surface area contributed by atoms with E-state index in [1.807, 2.05) is 0 Å². The standard InChI is InChI=1S/C11H24N2O2/c1-3-9-13(4-2)10-8-12-7-5-6-11(14)15/h12H,3-10H2,1-2H3,(H,14,15). The maximum atomic E-state index is 10.2. The van der Waals surface area contributed by atoms with E-state index in [0.717, 1.165) is 39.1 Å². The van der Waals surface area contributed by atoms with Crippen molar-refractivity contribution in [3.05, 3.63) is 0 Å². The topological polar surface area (TPSA) is 52.6 Å². The second-order valence-corrected chi connectivity index (χ2v) is 3.68. The molecule has 0 aromatic rings. The fraction of sp³-hybridized carbons (Fsp3) is 0.909.